The van der Waals surface area contributed by atoms with E-state index in [4.69, 9.17) is 122 Å². The van der Waals surface area contributed by atoms with Crippen LogP contribution in [0.3, 0.4) is 0 Å². The van der Waals surface area contributed by atoms with Gasteiger partial charge in [-0.05, 0) is 12.8 Å². The minimum Gasteiger partial charge on any atom is -0.480 e. The van der Waals surface area contributed by atoms with E-state index in [2.05, 4.69) is 0 Å². The molecule has 0 aromatic heterocycles. The summed E-state index contributed by atoms with van der Waals surface area (Å²) >= 11 is 6.21. The van der Waals surface area contributed by atoms with Crippen LogP contribution >= 0.6 is 94.1 Å². The fourth-order valence-electron chi connectivity index (χ4n) is 15.7. The number of carboxylic acids is 8. The summed E-state index contributed by atoms with van der Waals surface area (Å²) in [5.41, 5.74) is 47.0. The smallest absolute Gasteiger partial charge is 0.321 e. The maximum Gasteiger partial charge on any atom is 0.321 e. The van der Waals surface area contributed by atoms with E-state index in [1.807, 2.05) is 0 Å². The molecule has 27 heterocycles. The first-order chi connectivity index (χ1) is 66.0. The molecule has 808 valence electrons. The lowest BCUT2D eigenvalue weighted by molar-refractivity contribution is -0.391. The highest BCUT2D eigenvalue weighted by Gasteiger charge is 2.61. The molecule has 27 saturated heterocycles. The molecule has 40 N–H and O–H groups in total. The first kappa shape index (κ1) is 120. The minimum atomic E-state index is -2.43. The number of nitrogens with two attached hydrogens (primary N) is 8. The summed E-state index contributed by atoms with van der Waals surface area (Å²) in [4.78, 5) is 96.2. The molecule has 48 atom stereocenters. The fraction of sp³-hybridized carbons (Fsp3) is 0.895. The van der Waals surface area contributed by atoms with Gasteiger partial charge < -0.3 is 244 Å². The van der Waals surface area contributed by atoms with Crippen LogP contribution in [0, 0.1) is 5.92 Å². The van der Waals surface area contributed by atoms with Crippen molar-refractivity contribution in [3.8, 4) is 0 Å². The molecule has 0 saturated carbocycles. The molecule has 56 nitrogen and oxygen atoms in total. The second-order valence-electron chi connectivity index (χ2n) is 34.3. The number of rotatable bonds is 40. The summed E-state index contributed by atoms with van der Waals surface area (Å²) in [6.45, 7) is -0.358. The highest BCUT2D eigenvalue weighted by molar-refractivity contribution is 8.00. The van der Waals surface area contributed by atoms with Crippen molar-refractivity contribution in [3.05, 3.63) is 0 Å². The Kier molecular flexibility index (Phi) is 48.8. The molecular formula is C76H128N8O48S8. The van der Waals surface area contributed by atoms with Crippen LogP contribution < -0.4 is 45.9 Å². The monoisotopic (exact) mass is 2180 g/mol. The third-order valence-electron chi connectivity index (χ3n) is 23.8. The Labute approximate surface area is 831 Å². The van der Waals surface area contributed by atoms with E-state index >= 15 is 0 Å². The number of ether oxygens (including phenoxy) is 16. The standard InChI is InChI=1S/C76H128N8O48S8/c77-22(61(101)102)5-133-13-30-21-3-1-2-4-117-69-47(94)39(86)54(31(119-69)14-134-6-23(78)62(103)104)127-71-49(96)41(88)56(33(121-71)16-136-8-25(80)64(107)108)129-73-51(98)43(90)58(35(123-73)18-138-10-27(82)66(111)112)131-75-53(100)45(92)60(37(125-75)20-140-12-29(84)68(115)116)132-76-52(99)44(91)59(36(124-76)19-139-11-28(83)67(113)114)130-74-50(97)42(89)57(34(122-74)17-137-9-26(81)65(109)110)128-72-48(95)40(87)55(126-70(118-30)46(93)38(21)85)32(120-72)15-135-7-24(79)63(105)106/h21-60,69-76,85-100H,1-20,77-84H2,(H,101,102)(H,103,104)(H,105,106)(H,107,108)(H,109,110)(H,111,112)(H,113,114)(H,115,116). The van der Waals surface area contributed by atoms with Gasteiger partial charge in [0.05, 0.1) is 54.9 Å². The molecule has 0 aromatic carbocycles. The number of aliphatic carboxylic acids is 8. The van der Waals surface area contributed by atoms with Gasteiger partial charge in [-0.25, -0.2) is 0 Å². The van der Waals surface area contributed by atoms with Crippen LogP contribution in [0.25, 0.3) is 0 Å². The molecule has 0 aromatic rings. The quantitative estimate of drug-likeness (QED) is 0.0271. The fourth-order valence-corrected chi connectivity index (χ4v) is 24.0. The van der Waals surface area contributed by atoms with Gasteiger partial charge in [0.2, 0.25) is 0 Å². The number of hydrogen-bond acceptors (Lipinski definition) is 56. The number of aliphatic hydroxyl groups is 16. The third kappa shape index (κ3) is 32.5. The van der Waals surface area contributed by atoms with Crippen molar-refractivity contribution in [1.29, 1.82) is 0 Å². The average molecular weight is 2180 g/mol. The Morgan fingerprint density at radius 3 is 0.536 bits per heavy atom. The lowest BCUT2D eigenvalue weighted by Gasteiger charge is -2.50. The van der Waals surface area contributed by atoms with E-state index in [1.165, 1.54) is 0 Å². The topological polar surface area (TPSA) is 978 Å². The first-order valence-electron chi connectivity index (χ1n) is 43.9. The summed E-state index contributed by atoms with van der Waals surface area (Å²) in [6.07, 6.45) is -80.7. The van der Waals surface area contributed by atoms with Crippen molar-refractivity contribution < 1.29 is 237 Å². The Hall–Kier alpha value is -3.04. The molecule has 27 aliphatic rings. The van der Waals surface area contributed by atoms with Crippen LogP contribution in [0.15, 0.2) is 0 Å². The van der Waals surface area contributed by atoms with Gasteiger partial charge in [-0.15, -0.1) is 0 Å². The number of thioether (sulfide) groups is 8. The summed E-state index contributed by atoms with van der Waals surface area (Å²) in [5.74, 6) is -19.6. The highest BCUT2D eigenvalue weighted by atomic mass is 32.2. The lowest BCUT2D eigenvalue weighted by Crippen LogP contribution is -2.68. The summed E-state index contributed by atoms with van der Waals surface area (Å²) in [7, 11) is 0. The molecule has 48 unspecified atom stereocenters. The number of hydrogen-bond donors (Lipinski definition) is 32. The van der Waals surface area contributed by atoms with E-state index in [9.17, 15) is 161 Å². The molecule has 0 aliphatic carbocycles. The zero-order chi connectivity index (χ0) is 103. The van der Waals surface area contributed by atoms with Gasteiger partial charge in [-0.2, -0.15) is 94.1 Å². The van der Waals surface area contributed by atoms with E-state index in [1.54, 1.807) is 0 Å². The van der Waals surface area contributed by atoms with Crippen molar-refractivity contribution in [1.82, 2.24) is 0 Å². The number of aliphatic hydroxyl groups excluding tert-OH is 16. The molecule has 64 heteroatoms. The van der Waals surface area contributed by atoms with Gasteiger partial charge in [-0.1, -0.05) is 6.42 Å². The first-order valence-corrected chi connectivity index (χ1v) is 53.1. The predicted molar refractivity (Wildman–Crippen MR) is 486 cm³/mol. The molecule has 0 amide bonds. The van der Waals surface area contributed by atoms with Gasteiger partial charge in [0.25, 0.3) is 0 Å². The van der Waals surface area contributed by atoms with Gasteiger partial charge in [0, 0.05) is 105 Å². The van der Waals surface area contributed by atoms with Crippen LogP contribution in [-0.4, -0.2) is 557 Å². The molecule has 27 fully saturated rings. The van der Waals surface area contributed by atoms with Crippen molar-refractivity contribution in [2.45, 2.75) is 307 Å². The predicted octanol–water partition coefficient (Wildman–Crippen LogP) is -14.8. The maximum absolute atomic E-state index is 12.4. The number of carboxylic acid groups (broad SMARTS) is 8. The van der Waals surface area contributed by atoms with Gasteiger partial charge in [0.1, 0.15) is 183 Å². The second-order valence-corrected chi connectivity index (χ2v) is 42.9. The largest absolute Gasteiger partial charge is 0.480 e. The van der Waals surface area contributed by atoms with Crippen LogP contribution in [-0.2, 0) is 114 Å². The third-order valence-corrected chi connectivity index (χ3v) is 33.0. The molecule has 0 spiro atoms. The zero-order valence-corrected chi connectivity index (χ0v) is 80.8. The average Bonchev–Trinajstić information content (AvgIpc) is 0.766. The second kappa shape index (κ2) is 56.7. The zero-order valence-electron chi connectivity index (χ0n) is 74.3. The maximum atomic E-state index is 12.4. The molecule has 27 rings (SSSR count). The van der Waals surface area contributed by atoms with Crippen molar-refractivity contribution >= 4 is 142 Å². The molecule has 0 radical (unpaired) electrons. The highest BCUT2D eigenvalue weighted by Crippen LogP contribution is 2.43. The summed E-state index contributed by atoms with van der Waals surface area (Å²) < 4.78 is 100. The van der Waals surface area contributed by atoms with Gasteiger partial charge in [0.15, 0.2) is 50.3 Å². The Morgan fingerprint density at radius 1 is 0.207 bits per heavy atom. The molecule has 27 aliphatic heterocycles. The van der Waals surface area contributed by atoms with Crippen LogP contribution in [0.5, 0.6) is 0 Å². The Morgan fingerprint density at radius 2 is 0.357 bits per heavy atom. The Balaban J connectivity index is 1.11. The summed E-state index contributed by atoms with van der Waals surface area (Å²) in [6, 6.07) is -12.4. The van der Waals surface area contributed by atoms with Crippen molar-refractivity contribution in [3.63, 3.8) is 0 Å². The minimum absolute atomic E-state index is 0.0131. The van der Waals surface area contributed by atoms with Crippen molar-refractivity contribution in [2.24, 2.45) is 51.8 Å². The molecule has 140 heavy (non-hydrogen) atoms. The SMILES string of the molecule is NC(CSCC1OC2OC3C(CSCC(N)C(=O)O)OC(OC4C(CSCC(N)C(=O)O)OC(OC5C(CSCC(N)C(=O)O)OC(OC6C(CSCC(N)C(=O)O)OC(OC7C(CSCC(N)C(=O)O)OC(OC8C(CSCC(N)C(=O)O)OC(OC9C(CSCC(N)C(=O)O)OC(OCCCCC1C(O)C2O)C(O)C9O)C(O)C8O)C(O)C7O)C(O)C6O)C(O)C5O)C(O)C4O)C(O)C3O)C(=O)O. The summed E-state index contributed by atoms with van der Waals surface area (Å²) in [5, 5.41) is 274. The lowest BCUT2D eigenvalue weighted by atomic mass is 9.85. The van der Waals surface area contributed by atoms with Crippen LogP contribution in [0.1, 0.15) is 19.3 Å². The van der Waals surface area contributed by atoms with Crippen molar-refractivity contribution in [2.75, 3.05) is 98.7 Å². The Bertz CT molecular complexity index is 3840. The number of carbonyl (C=O) groups is 8. The van der Waals surface area contributed by atoms with E-state index in [0.717, 1.165) is 94.1 Å². The van der Waals surface area contributed by atoms with Gasteiger partial charge >= 0.3 is 47.8 Å². The van der Waals surface area contributed by atoms with Gasteiger partial charge in [-0.3, -0.25) is 38.4 Å². The van der Waals surface area contributed by atoms with E-state index in [0.29, 0.717) is 0 Å². The van der Waals surface area contributed by atoms with Crippen LogP contribution in [0.4, 0.5) is 0 Å². The van der Waals surface area contributed by atoms with E-state index < -0.39 is 405 Å². The normalized spacial score (nSPS) is 41.2. The van der Waals surface area contributed by atoms with E-state index in [-0.39, 0.29) is 54.6 Å². The molecular weight excluding hydrogens is 2050 g/mol. The molecule has 16 bridgehead atoms. The van der Waals surface area contributed by atoms with Crippen LogP contribution in [0.2, 0.25) is 0 Å².